The molecule has 0 aromatic carbocycles. The number of pyridine rings is 1. The van der Waals surface area contributed by atoms with Crippen LogP contribution in [-0.4, -0.2) is 53.8 Å². The van der Waals surface area contributed by atoms with Gasteiger partial charge in [0.05, 0.1) is 24.3 Å². The van der Waals surface area contributed by atoms with Crippen LogP contribution in [0.3, 0.4) is 0 Å². The standard InChI is InChI=1S/C16H22N2O3/c1-3-20-15-13-4-5-14(15)21-7-6-18(13)16(19)12-8-11(2)9-17-10-12/h8-10,13-15H,3-7H2,1-2H3. The van der Waals surface area contributed by atoms with E-state index in [0.29, 0.717) is 25.3 Å². The van der Waals surface area contributed by atoms with E-state index in [2.05, 4.69) is 4.98 Å². The first-order chi connectivity index (χ1) is 10.2. The molecule has 2 fully saturated rings. The molecular formula is C16H22N2O3. The van der Waals surface area contributed by atoms with Gasteiger partial charge in [0.25, 0.3) is 5.91 Å². The maximum atomic E-state index is 12.8. The monoisotopic (exact) mass is 290 g/mol. The highest BCUT2D eigenvalue weighted by Crippen LogP contribution is 2.32. The average Bonchev–Trinajstić information content (AvgIpc) is 2.75. The number of hydrogen-bond acceptors (Lipinski definition) is 4. The third-order valence-corrected chi connectivity index (χ3v) is 4.30. The summed E-state index contributed by atoms with van der Waals surface area (Å²) >= 11 is 0. The summed E-state index contributed by atoms with van der Waals surface area (Å²) in [5, 5.41) is 0. The third-order valence-electron chi connectivity index (χ3n) is 4.30. The summed E-state index contributed by atoms with van der Waals surface area (Å²) in [5.74, 6) is 0.0343. The molecule has 1 aliphatic carbocycles. The van der Waals surface area contributed by atoms with Crippen LogP contribution in [0.5, 0.6) is 0 Å². The second kappa shape index (κ2) is 6.12. The lowest BCUT2D eigenvalue weighted by Crippen LogP contribution is -2.46. The van der Waals surface area contributed by atoms with E-state index in [1.54, 1.807) is 12.4 Å². The average molecular weight is 290 g/mol. The molecule has 0 N–H and O–H groups in total. The van der Waals surface area contributed by atoms with Crippen molar-refractivity contribution >= 4 is 5.91 Å². The van der Waals surface area contributed by atoms with Crippen LogP contribution < -0.4 is 0 Å². The zero-order chi connectivity index (χ0) is 14.8. The molecule has 0 spiro atoms. The Labute approximate surface area is 125 Å². The van der Waals surface area contributed by atoms with E-state index in [9.17, 15) is 4.79 Å². The van der Waals surface area contributed by atoms with E-state index < -0.39 is 0 Å². The van der Waals surface area contributed by atoms with Crippen LogP contribution >= 0.6 is 0 Å². The van der Waals surface area contributed by atoms with Gasteiger partial charge in [-0.25, -0.2) is 0 Å². The molecule has 2 bridgehead atoms. The molecular weight excluding hydrogens is 268 g/mol. The molecule has 21 heavy (non-hydrogen) atoms. The first-order valence-electron chi connectivity index (χ1n) is 7.66. The van der Waals surface area contributed by atoms with E-state index in [1.165, 1.54) is 0 Å². The molecule has 0 radical (unpaired) electrons. The van der Waals surface area contributed by atoms with Crippen LogP contribution in [0.2, 0.25) is 0 Å². The number of ether oxygens (including phenoxy) is 2. The minimum Gasteiger partial charge on any atom is -0.374 e. The molecule has 5 heteroatoms. The van der Waals surface area contributed by atoms with Crippen LogP contribution in [0.4, 0.5) is 0 Å². The molecule has 3 rings (SSSR count). The molecule has 3 unspecified atom stereocenters. The zero-order valence-corrected chi connectivity index (χ0v) is 12.6. The predicted molar refractivity (Wildman–Crippen MR) is 78.2 cm³/mol. The normalized spacial score (nSPS) is 28.5. The second-order valence-electron chi connectivity index (χ2n) is 5.72. The van der Waals surface area contributed by atoms with E-state index in [0.717, 1.165) is 18.4 Å². The highest BCUT2D eigenvalue weighted by molar-refractivity contribution is 5.94. The number of amides is 1. The number of aryl methyl sites for hydroxylation is 1. The van der Waals surface area contributed by atoms with E-state index in [-0.39, 0.29) is 24.2 Å². The van der Waals surface area contributed by atoms with Crippen molar-refractivity contribution in [2.24, 2.45) is 0 Å². The summed E-state index contributed by atoms with van der Waals surface area (Å²) in [6.07, 6.45) is 5.44. The molecule has 2 aliphatic rings. The highest BCUT2D eigenvalue weighted by atomic mass is 16.5. The fourth-order valence-electron chi connectivity index (χ4n) is 3.39. The maximum absolute atomic E-state index is 12.8. The number of carbonyl (C=O) groups is 1. The van der Waals surface area contributed by atoms with E-state index >= 15 is 0 Å². The quantitative estimate of drug-likeness (QED) is 0.852. The highest BCUT2D eigenvalue weighted by Gasteiger charge is 2.44. The summed E-state index contributed by atoms with van der Waals surface area (Å²) in [6, 6.07) is 2.01. The Hall–Kier alpha value is -1.46. The lowest BCUT2D eigenvalue weighted by molar-refractivity contribution is -0.0484. The topological polar surface area (TPSA) is 51.7 Å². The minimum atomic E-state index is -0.000724. The number of aromatic nitrogens is 1. The van der Waals surface area contributed by atoms with Gasteiger partial charge in [-0.2, -0.15) is 0 Å². The van der Waals surface area contributed by atoms with Crippen molar-refractivity contribution in [1.82, 2.24) is 9.88 Å². The molecule has 114 valence electrons. The van der Waals surface area contributed by atoms with Gasteiger partial charge in [-0.3, -0.25) is 9.78 Å². The second-order valence-corrected chi connectivity index (χ2v) is 5.72. The SMILES string of the molecule is CCOC1C2CCC1N(C(=O)c1cncc(C)c1)CCO2. The Kier molecular flexibility index (Phi) is 4.22. The van der Waals surface area contributed by atoms with Crippen molar-refractivity contribution in [3.8, 4) is 0 Å². The molecule has 2 heterocycles. The lowest BCUT2D eigenvalue weighted by Gasteiger charge is -2.31. The van der Waals surface area contributed by atoms with Crippen LogP contribution in [0, 0.1) is 6.92 Å². The van der Waals surface area contributed by atoms with Gasteiger partial charge in [0.2, 0.25) is 0 Å². The third kappa shape index (κ3) is 2.80. The van der Waals surface area contributed by atoms with Gasteiger partial charge in [-0.05, 0) is 38.3 Å². The van der Waals surface area contributed by atoms with Gasteiger partial charge in [-0.1, -0.05) is 0 Å². The molecule has 5 nitrogen and oxygen atoms in total. The molecule has 1 saturated carbocycles. The smallest absolute Gasteiger partial charge is 0.255 e. The summed E-state index contributed by atoms with van der Waals surface area (Å²) in [5.41, 5.74) is 1.65. The first-order valence-corrected chi connectivity index (χ1v) is 7.66. The van der Waals surface area contributed by atoms with Crippen molar-refractivity contribution in [3.05, 3.63) is 29.6 Å². The molecule has 1 amide bonds. The Morgan fingerprint density at radius 3 is 3.10 bits per heavy atom. The van der Waals surface area contributed by atoms with Gasteiger partial charge in [0, 0.05) is 25.5 Å². The van der Waals surface area contributed by atoms with Crippen LogP contribution in [0.25, 0.3) is 0 Å². The predicted octanol–water partition coefficient (Wildman–Crippen LogP) is 1.80. The fraction of sp³-hybridized carbons (Fsp3) is 0.625. The molecule has 1 aromatic heterocycles. The number of hydrogen-bond donors (Lipinski definition) is 0. The zero-order valence-electron chi connectivity index (χ0n) is 12.6. The molecule has 3 atom stereocenters. The van der Waals surface area contributed by atoms with Gasteiger partial charge in [0.15, 0.2) is 0 Å². The van der Waals surface area contributed by atoms with Gasteiger partial charge in [0.1, 0.15) is 6.10 Å². The minimum absolute atomic E-state index is 0.000724. The first kappa shape index (κ1) is 14.5. The van der Waals surface area contributed by atoms with Gasteiger partial charge < -0.3 is 14.4 Å². The Bertz CT molecular complexity index is 520. The molecule has 1 saturated heterocycles. The largest absolute Gasteiger partial charge is 0.374 e. The Morgan fingerprint density at radius 1 is 1.48 bits per heavy atom. The van der Waals surface area contributed by atoms with Crippen molar-refractivity contribution in [3.63, 3.8) is 0 Å². The van der Waals surface area contributed by atoms with Crippen LogP contribution in [0.15, 0.2) is 18.5 Å². The molecule has 1 aromatic rings. The van der Waals surface area contributed by atoms with Gasteiger partial charge in [-0.15, -0.1) is 0 Å². The van der Waals surface area contributed by atoms with Crippen molar-refractivity contribution in [1.29, 1.82) is 0 Å². The Morgan fingerprint density at radius 2 is 2.33 bits per heavy atom. The van der Waals surface area contributed by atoms with Crippen molar-refractivity contribution in [2.45, 2.75) is 44.9 Å². The number of nitrogens with zero attached hydrogens (tertiary/aromatic N) is 2. The summed E-state index contributed by atoms with van der Waals surface area (Å²) in [6.45, 7) is 5.78. The summed E-state index contributed by atoms with van der Waals surface area (Å²) < 4.78 is 11.7. The maximum Gasteiger partial charge on any atom is 0.255 e. The lowest BCUT2D eigenvalue weighted by atomic mass is 10.1. The summed E-state index contributed by atoms with van der Waals surface area (Å²) in [4.78, 5) is 18.9. The fourth-order valence-corrected chi connectivity index (χ4v) is 3.39. The number of rotatable bonds is 3. The Balaban J connectivity index is 1.84. The van der Waals surface area contributed by atoms with E-state index in [1.807, 2.05) is 24.8 Å². The van der Waals surface area contributed by atoms with Gasteiger partial charge >= 0.3 is 0 Å². The number of fused-ring (bicyclic) bond motifs is 2. The van der Waals surface area contributed by atoms with Crippen molar-refractivity contribution < 1.29 is 14.3 Å². The van der Waals surface area contributed by atoms with E-state index in [4.69, 9.17) is 9.47 Å². The van der Waals surface area contributed by atoms with Crippen LogP contribution in [-0.2, 0) is 9.47 Å². The molecule has 1 aliphatic heterocycles. The van der Waals surface area contributed by atoms with Crippen LogP contribution in [0.1, 0.15) is 35.7 Å². The van der Waals surface area contributed by atoms with Crippen molar-refractivity contribution in [2.75, 3.05) is 19.8 Å². The summed E-state index contributed by atoms with van der Waals surface area (Å²) in [7, 11) is 0. The number of carbonyl (C=O) groups excluding carboxylic acids is 1.